The number of allylic oxidation sites excluding steroid dienone is 3. The number of rotatable bonds is 5. The maximum absolute atomic E-state index is 13.3. The summed E-state index contributed by atoms with van der Waals surface area (Å²) in [6, 6.07) is 2.23. The number of hydrogen-bond acceptors (Lipinski definition) is 8. The number of fused-ring (bicyclic) bond motifs is 5. The molecule has 0 amide bonds. The summed E-state index contributed by atoms with van der Waals surface area (Å²) >= 11 is 0. The summed E-state index contributed by atoms with van der Waals surface area (Å²) < 4.78 is 0. The maximum atomic E-state index is 13.3. The molecule has 8 rings (SSSR count). The Balaban J connectivity index is 1.06. The standard InChI is InChI=1S/C38H54N6O2/c1-25-21-31-29-10-9-27-22-28(46)23-32(38(27,4)30(29)11-12-37(31,3)35(25)26(2)45)41-17-19-43(20-18-41)34-24-33(42-13-5-6-14-42)39-36(40-34)44-15-7-8-16-44/h11,23-25,27,29,31,35H,5-10,12-22H2,1-4H3/t25?,27?,29-,31+,35-,37+,38+/m1/s1. The Morgan fingerprint density at radius 3 is 2.11 bits per heavy atom. The lowest BCUT2D eigenvalue weighted by Crippen LogP contribution is -2.54. The van der Waals surface area contributed by atoms with Gasteiger partial charge >= 0.3 is 0 Å². The first-order chi connectivity index (χ1) is 22.2. The first-order valence-electron chi connectivity index (χ1n) is 18.5. The van der Waals surface area contributed by atoms with Gasteiger partial charge in [-0.3, -0.25) is 9.59 Å². The van der Waals surface area contributed by atoms with E-state index in [2.05, 4.69) is 52.5 Å². The van der Waals surface area contributed by atoms with Crippen LogP contribution in [-0.4, -0.2) is 78.8 Å². The highest BCUT2D eigenvalue weighted by molar-refractivity contribution is 5.92. The molecule has 1 aromatic heterocycles. The van der Waals surface area contributed by atoms with Crippen molar-refractivity contribution in [3.63, 3.8) is 0 Å². The third-order valence-corrected chi connectivity index (χ3v) is 13.8. The van der Waals surface area contributed by atoms with Crippen molar-refractivity contribution in [2.45, 2.75) is 85.5 Å². The molecule has 0 spiro atoms. The second kappa shape index (κ2) is 11.4. The van der Waals surface area contributed by atoms with E-state index < -0.39 is 0 Å². The molecule has 0 aromatic carbocycles. The lowest BCUT2D eigenvalue weighted by atomic mass is 9.49. The first-order valence-corrected chi connectivity index (χ1v) is 18.5. The molecule has 1 aromatic rings. The smallest absolute Gasteiger partial charge is 0.229 e. The summed E-state index contributed by atoms with van der Waals surface area (Å²) in [6.45, 7) is 16.8. The van der Waals surface area contributed by atoms with Gasteiger partial charge in [0.15, 0.2) is 5.78 Å². The first kappa shape index (κ1) is 30.4. The zero-order valence-corrected chi connectivity index (χ0v) is 28.6. The second-order valence-corrected chi connectivity index (χ2v) is 16.3. The summed E-state index contributed by atoms with van der Waals surface area (Å²) in [4.78, 5) is 46.2. The lowest BCUT2D eigenvalue weighted by molar-refractivity contribution is -0.126. The van der Waals surface area contributed by atoms with Crippen LogP contribution in [0, 0.1) is 40.4 Å². The predicted octanol–water partition coefficient (Wildman–Crippen LogP) is 5.89. The fraction of sp³-hybridized carbons (Fsp3) is 0.737. The molecule has 248 valence electrons. The van der Waals surface area contributed by atoms with Crippen molar-refractivity contribution in [2.24, 2.45) is 40.4 Å². The van der Waals surface area contributed by atoms with E-state index in [1.807, 2.05) is 13.0 Å². The van der Waals surface area contributed by atoms with Gasteiger partial charge in [0, 0.05) is 88.0 Å². The molecule has 46 heavy (non-hydrogen) atoms. The van der Waals surface area contributed by atoms with Crippen LogP contribution in [0.1, 0.15) is 85.5 Å². The molecule has 4 aliphatic carbocycles. The van der Waals surface area contributed by atoms with Crippen molar-refractivity contribution >= 4 is 29.2 Å². The summed E-state index contributed by atoms with van der Waals surface area (Å²) in [6.07, 6.45) is 14.5. The third-order valence-electron chi connectivity index (χ3n) is 13.8. The minimum atomic E-state index is -0.112. The van der Waals surface area contributed by atoms with Crippen LogP contribution in [0.25, 0.3) is 0 Å². The molecule has 3 saturated heterocycles. The van der Waals surface area contributed by atoms with Crippen molar-refractivity contribution in [3.05, 3.63) is 29.5 Å². The monoisotopic (exact) mass is 626 g/mol. The highest BCUT2D eigenvalue weighted by atomic mass is 16.1. The summed E-state index contributed by atoms with van der Waals surface area (Å²) in [5.74, 6) is 5.74. The van der Waals surface area contributed by atoms with Crippen molar-refractivity contribution in [3.8, 4) is 0 Å². The van der Waals surface area contributed by atoms with Gasteiger partial charge in [0.25, 0.3) is 0 Å². The van der Waals surface area contributed by atoms with Gasteiger partial charge in [0.2, 0.25) is 5.95 Å². The molecule has 0 bridgehead atoms. The zero-order valence-electron chi connectivity index (χ0n) is 28.6. The zero-order chi connectivity index (χ0) is 31.8. The van der Waals surface area contributed by atoms with Gasteiger partial charge < -0.3 is 19.6 Å². The Morgan fingerprint density at radius 2 is 1.46 bits per heavy atom. The fourth-order valence-electron chi connectivity index (χ4n) is 11.6. The highest BCUT2D eigenvalue weighted by Gasteiger charge is 2.61. The molecular weight excluding hydrogens is 572 g/mol. The summed E-state index contributed by atoms with van der Waals surface area (Å²) in [7, 11) is 0. The van der Waals surface area contributed by atoms with Crippen LogP contribution in [0.3, 0.4) is 0 Å². The quantitative estimate of drug-likeness (QED) is 0.375. The van der Waals surface area contributed by atoms with Crippen LogP contribution >= 0.6 is 0 Å². The number of aromatic nitrogens is 2. The number of nitrogens with zero attached hydrogens (tertiary/aromatic N) is 6. The normalized spacial score (nSPS) is 37.6. The SMILES string of the molecule is CC(=O)[C@H]1C(C)C[C@H]2[C@@H]3CCC4CC(=O)C=C(N5CCN(c6cc(N7CCCC7)nc(N7CCCC7)n6)CC5)[C@]4(C)C3=CC[C@]12C. The minimum Gasteiger partial charge on any atom is -0.370 e. The number of hydrogen-bond donors (Lipinski definition) is 0. The molecule has 7 aliphatic rings. The summed E-state index contributed by atoms with van der Waals surface area (Å²) in [5.41, 5.74) is 2.80. The van der Waals surface area contributed by atoms with Crippen LogP contribution < -0.4 is 14.7 Å². The molecule has 4 heterocycles. The number of ketones is 2. The van der Waals surface area contributed by atoms with Crippen LogP contribution in [0.15, 0.2) is 29.5 Å². The maximum Gasteiger partial charge on any atom is 0.229 e. The van der Waals surface area contributed by atoms with Crippen molar-refractivity contribution in [2.75, 3.05) is 67.1 Å². The fourth-order valence-corrected chi connectivity index (χ4v) is 11.6. The Labute approximate surface area is 275 Å². The average Bonchev–Trinajstić information content (AvgIpc) is 3.82. The Hall–Kier alpha value is -2.90. The average molecular weight is 627 g/mol. The van der Waals surface area contributed by atoms with E-state index in [1.54, 1.807) is 5.57 Å². The largest absolute Gasteiger partial charge is 0.370 e. The predicted molar refractivity (Wildman–Crippen MR) is 183 cm³/mol. The Bertz CT molecular complexity index is 1420. The van der Waals surface area contributed by atoms with E-state index in [0.717, 1.165) is 95.6 Å². The number of Topliss-reactive ketones (excluding diaryl/α,β-unsaturated/α-hetero) is 1. The Morgan fingerprint density at radius 1 is 0.848 bits per heavy atom. The number of piperazine rings is 1. The van der Waals surface area contributed by atoms with E-state index in [-0.39, 0.29) is 16.7 Å². The summed E-state index contributed by atoms with van der Waals surface area (Å²) in [5, 5.41) is 0. The molecular formula is C38H54N6O2. The van der Waals surface area contributed by atoms with E-state index in [9.17, 15) is 9.59 Å². The van der Waals surface area contributed by atoms with Crippen molar-refractivity contribution in [1.82, 2.24) is 14.9 Å². The lowest BCUT2D eigenvalue weighted by Gasteiger charge is -2.58. The molecule has 7 atom stereocenters. The van der Waals surface area contributed by atoms with Gasteiger partial charge in [-0.2, -0.15) is 9.97 Å². The molecule has 5 fully saturated rings. The van der Waals surface area contributed by atoms with E-state index >= 15 is 0 Å². The number of carbonyl (C=O) groups is 2. The van der Waals surface area contributed by atoms with Crippen LogP contribution in [0.4, 0.5) is 17.6 Å². The second-order valence-electron chi connectivity index (χ2n) is 16.3. The molecule has 2 saturated carbocycles. The van der Waals surface area contributed by atoms with Crippen molar-refractivity contribution < 1.29 is 9.59 Å². The van der Waals surface area contributed by atoms with Crippen LogP contribution in [-0.2, 0) is 9.59 Å². The van der Waals surface area contributed by atoms with Gasteiger partial charge in [-0.1, -0.05) is 32.4 Å². The molecule has 8 heteroatoms. The number of anilines is 3. The minimum absolute atomic E-state index is 0.0575. The Kier molecular flexibility index (Phi) is 7.52. The van der Waals surface area contributed by atoms with Gasteiger partial charge in [-0.15, -0.1) is 0 Å². The molecule has 2 unspecified atom stereocenters. The van der Waals surface area contributed by atoms with E-state index in [4.69, 9.17) is 9.97 Å². The number of carbonyl (C=O) groups excluding carboxylic acids is 2. The topological polar surface area (TPSA) is 72.9 Å². The van der Waals surface area contributed by atoms with Gasteiger partial charge in [0.1, 0.15) is 17.4 Å². The highest BCUT2D eigenvalue weighted by Crippen LogP contribution is 2.67. The van der Waals surface area contributed by atoms with Crippen LogP contribution in [0.5, 0.6) is 0 Å². The molecule has 0 radical (unpaired) electrons. The third kappa shape index (κ3) is 4.74. The van der Waals surface area contributed by atoms with Crippen LogP contribution in [0.2, 0.25) is 0 Å². The van der Waals surface area contributed by atoms with Gasteiger partial charge in [-0.05, 0) is 87.4 Å². The molecule has 8 nitrogen and oxygen atoms in total. The van der Waals surface area contributed by atoms with E-state index in [0.29, 0.717) is 41.7 Å². The van der Waals surface area contributed by atoms with Crippen molar-refractivity contribution in [1.29, 1.82) is 0 Å². The van der Waals surface area contributed by atoms with E-state index in [1.165, 1.54) is 31.4 Å². The molecule has 3 aliphatic heterocycles. The van der Waals surface area contributed by atoms with Gasteiger partial charge in [-0.25, -0.2) is 0 Å². The molecule has 0 N–H and O–H groups in total. The van der Waals surface area contributed by atoms with Gasteiger partial charge in [0.05, 0.1) is 0 Å².